The van der Waals surface area contributed by atoms with Crippen LogP contribution in [0.3, 0.4) is 0 Å². The van der Waals surface area contributed by atoms with Crippen LogP contribution in [0.15, 0.2) is 24.3 Å². The molecular weight excluding hydrogens is 230 g/mol. The summed E-state index contributed by atoms with van der Waals surface area (Å²) in [7, 11) is 0. The van der Waals surface area contributed by atoms with Gasteiger partial charge >= 0.3 is 0 Å². The normalized spacial score (nSPS) is 12.6. The van der Waals surface area contributed by atoms with Gasteiger partial charge < -0.3 is 5.32 Å². The van der Waals surface area contributed by atoms with Crippen molar-refractivity contribution in [2.75, 3.05) is 6.54 Å². The predicted molar refractivity (Wildman–Crippen MR) is 85.6 cm³/mol. The first-order valence-electron chi connectivity index (χ1n) is 8.04. The van der Waals surface area contributed by atoms with E-state index in [0.717, 1.165) is 6.54 Å². The lowest BCUT2D eigenvalue weighted by Gasteiger charge is -2.14. The van der Waals surface area contributed by atoms with Crippen LogP contribution < -0.4 is 5.32 Å². The van der Waals surface area contributed by atoms with Gasteiger partial charge in [-0.05, 0) is 32.4 Å². The van der Waals surface area contributed by atoms with Gasteiger partial charge in [-0.3, -0.25) is 0 Å². The highest BCUT2D eigenvalue weighted by Crippen LogP contribution is 2.14. The molecule has 0 aliphatic heterocycles. The van der Waals surface area contributed by atoms with Crippen molar-refractivity contribution in [1.82, 2.24) is 5.32 Å². The first kappa shape index (κ1) is 16.2. The molecule has 0 amide bonds. The van der Waals surface area contributed by atoms with E-state index in [1.54, 1.807) is 0 Å². The topological polar surface area (TPSA) is 12.0 Å². The van der Waals surface area contributed by atoms with E-state index in [-0.39, 0.29) is 0 Å². The second kappa shape index (κ2) is 10.0. The molecule has 0 spiro atoms. The minimum absolute atomic E-state index is 0.472. The van der Waals surface area contributed by atoms with Crippen molar-refractivity contribution in [2.45, 2.75) is 71.8 Å². The number of benzene rings is 1. The summed E-state index contributed by atoms with van der Waals surface area (Å²) in [6, 6.07) is 9.28. The van der Waals surface area contributed by atoms with Gasteiger partial charge in [-0.1, -0.05) is 75.3 Å². The second-order valence-corrected chi connectivity index (χ2v) is 5.71. The first-order valence-corrected chi connectivity index (χ1v) is 8.04. The largest absolute Gasteiger partial charge is 0.310 e. The number of aryl methyl sites for hydroxylation is 1. The Balaban J connectivity index is 2.06. The summed E-state index contributed by atoms with van der Waals surface area (Å²) >= 11 is 0. The van der Waals surface area contributed by atoms with Gasteiger partial charge in [-0.25, -0.2) is 0 Å². The highest BCUT2D eigenvalue weighted by molar-refractivity contribution is 5.24. The summed E-state index contributed by atoms with van der Waals surface area (Å²) in [5, 5.41) is 3.63. The molecule has 1 rings (SSSR count). The molecule has 0 radical (unpaired) electrons. The molecule has 0 aliphatic carbocycles. The van der Waals surface area contributed by atoms with Gasteiger partial charge in [0.1, 0.15) is 0 Å². The van der Waals surface area contributed by atoms with E-state index in [4.69, 9.17) is 0 Å². The lowest BCUT2D eigenvalue weighted by atomic mass is 10.1. The van der Waals surface area contributed by atoms with Gasteiger partial charge in [0.15, 0.2) is 0 Å². The van der Waals surface area contributed by atoms with Crippen molar-refractivity contribution in [3.63, 3.8) is 0 Å². The molecule has 0 aromatic heterocycles. The highest BCUT2D eigenvalue weighted by atomic mass is 14.9. The van der Waals surface area contributed by atoms with Gasteiger partial charge in [-0.15, -0.1) is 0 Å². The lowest BCUT2D eigenvalue weighted by molar-refractivity contribution is 0.524. The molecule has 1 aromatic carbocycles. The minimum Gasteiger partial charge on any atom is -0.310 e. The molecular formula is C18H31N. The van der Waals surface area contributed by atoms with E-state index in [1.165, 1.54) is 56.1 Å². The van der Waals surface area contributed by atoms with Crippen molar-refractivity contribution < 1.29 is 0 Å². The zero-order valence-corrected chi connectivity index (χ0v) is 13.0. The molecule has 0 bridgehead atoms. The fraction of sp³-hybridized carbons (Fsp3) is 0.667. The average molecular weight is 261 g/mol. The smallest absolute Gasteiger partial charge is 0.0291 e. The Labute approximate surface area is 119 Å². The molecule has 0 unspecified atom stereocenters. The predicted octanol–water partition coefficient (Wildman–Crippen LogP) is 5.40. The van der Waals surface area contributed by atoms with E-state index in [0.29, 0.717) is 6.04 Å². The lowest BCUT2D eigenvalue weighted by Crippen LogP contribution is -2.19. The van der Waals surface area contributed by atoms with Crippen LogP contribution in [0.2, 0.25) is 0 Å². The van der Waals surface area contributed by atoms with Crippen molar-refractivity contribution in [1.29, 1.82) is 0 Å². The maximum atomic E-state index is 3.63. The van der Waals surface area contributed by atoms with Crippen LogP contribution in [0, 0.1) is 6.92 Å². The quantitative estimate of drug-likeness (QED) is 0.556. The van der Waals surface area contributed by atoms with Crippen LogP contribution in [0.4, 0.5) is 0 Å². The number of nitrogens with one attached hydrogen (secondary N) is 1. The average Bonchev–Trinajstić information content (AvgIpc) is 2.41. The SMILES string of the molecule is CCCCCCCCCN[C@@H](C)c1cccc(C)c1. The van der Waals surface area contributed by atoms with Crippen molar-refractivity contribution in [3.8, 4) is 0 Å². The molecule has 1 N–H and O–H groups in total. The summed E-state index contributed by atoms with van der Waals surface area (Å²) in [5.74, 6) is 0. The maximum Gasteiger partial charge on any atom is 0.0291 e. The minimum atomic E-state index is 0.472. The maximum absolute atomic E-state index is 3.63. The van der Waals surface area contributed by atoms with Crippen LogP contribution in [-0.4, -0.2) is 6.54 Å². The van der Waals surface area contributed by atoms with E-state index in [9.17, 15) is 0 Å². The third-order valence-corrected chi connectivity index (χ3v) is 3.77. The molecule has 1 nitrogen and oxygen atoms in total. The van der Waals surface area contributed by atoms with Crippen LogP contribution >= 0.6 is 0 Å². The molecule has 1 atom stereocenters. The number of hydrogen-bond donors (Lipinski definition) is 1. The van der Waals surface area contributed by atoms with Gasteiger partial charge in [-0.2, -0.15) is 0 Å². The summed E-state index contributed by atoms with van der Waals surface area (Å²) < 4.78 is 0. The standard InChI is InChI=1S/C18H31N/c1-4-5-6-7-8-9-10-14-19-17(3)18-13-11-12-16(2)15-18/h11-13,15,17,19H,4-10,14H2,1-3H3/t17-/m0/s1. The van der Waals surface area contributed by atoms with E-state index >= 15 is 0 Å². The number of hydrogen-bond acceptors (Lipinski definition) is 1. The van der Waals surface area contributed by atoms with Crippen LogP contribution in [0.1, 0.15) is 76.0 Å². The summed E-state index contributed by atoms with van der Waals surface area (Å²) in [4.78, 5) is 0. The van der Waals surface area contributed by atoms with E-state index < -0.39 is 0 Å². The van der Waals surface area contributed by atoms with E-state index in [2.05, 4.69) is 50.4 Å². The zero-order chi connectivity index (χ0) is 13.9. The Bertz CT molecular complexity index is 332. The zero-order valence-electron chi connectivity index (χ0n) is 13.0. The molecule has 0 fully saturated rings. The van der Waals surface area contributed by atoms with Crippen LogP contribution in [0.25, 0.3) is 0 Å². The molecule has 0 aliphatic rings. The number of rotatable bonds is 10. The molecule has 19 heavy (non-hydrogen) atoms. The highest BCUT2D eigenvalue weighted by Gasteiger charge is 2.03. The third-order valence-electron chi connectivity index (χ3n) is 3.77. The Kier molecular flexibility index (Phi) is 8.57. The summed E-state index contributed by atoms with van der Waals surface area (Å²) in [5.41, 5.74) is 2.75. The second-order valence-electron chi connectivity index (χ2n) is 5.71. The fourth-order valence-corrected chi connectivity index (χ4v) is 2.46. The monoisotopic (exact) mass is 261 g/mol. The van der Waals surface area contributed by atoms with Gasteiger partial charge in [0.2, 0.25) is 0 Å². The Hall–Kier alpha value is -0.820. The number of unbranched alkanes of at least 4 members (excludes halogenated alkanes) is 6. The Morgan fingerprint density at radius 2 is 1.68 bits per heavy atom. The molecule has 1 aromatic rings. The Morgan fingerprint density at radius 3 is 2.37 bits per heavy atom. The van der Waals surface area contributed by atoms with Crippen LogP contribution in [-0.2, 0) is 0 Å². The molecule has 0 saturated heterocycles. The summed E-state index contributed by atoms with van der Waals surface area (Å²) in [6.07, 6.45) is 9.67. The van der Waals surface area contributed by atoms with Gasteiger partial charge in [0.05, 0.1) is 0 Å². The fourth-order valence-electron chi connectivity index (χ4n) is 2.46. The first-order chi connectivity index (χ1) is 9.24. The van der Waals surface area contributed by atoms with Crippen molar-refractivity contribution in [2.24, 2.45) is 0 Å². The van der Waals surface area contributed by atoms with Gasteiger partial charge in [0.25, 0.3) is 0 Å². The Morgan fingerprint density at radius 1 is 1.00 bits per heavy atom. The van der Waals surface area contributed by atoms with Crippen molar-refractivity contribution >= 4 is 0 Å². The molecule has 0 saturated carbocycles. The third kappa shape index (κ3) is 7.37. The molecule has 108 valence electrons. The molecule has 0 heterocycles. The van der Waals surface area contributed by atoms with Crippen LogP contribution in [0.5, 0.6) is 0 Å². The summed E-state index contributed by atoms with van der Waals surface area (Å²) in [6.45, 7) is 7.84. The van der Waals surface area contributed by atoms with Crippen molar-refractivity contribution in [3.05, 3.63) is 35.4 Å². The van der Waals surface area contributed by atoms with Gasteiger partial charge in [0, 0.05) is 6.04 Å². The molecule has 1 heteroatoms. The van der Waals surface area contributed by atoms with E-state index in [1.807, 2.05) is 0 Å².